The van der Waals surface area contributed by atoms with Gasteiger partial charge in [0.05, 0.1) is 10.4 Å². The largest absolute Gasteiger partial charge is 0.487 e. The number of nitrogens with one attached hydrogen (secondary N) is 2. The van der Waals surface area contributed by atoms with Crippen molar-refractivity contribution in [2.45, 2.75) is 6.61 Å². The van der Waals surface area contributed by atoms with E-state index in [9.17, 15) is 14.0 Å². The number of rotatable bonds is 5. The highest BCUT2D eigenvalue weighted by Crippen LogP contribution is 2.29. The van der Waals surface area contributed by atoms with Crippen molar-refractivity contribution in [3.05, 3.63) is 99.2 Å². The molecular formula is C22H15ClFN3O3. The topological polar surface area (TPSA) is 84.1 Å². The number of halogens is 2. The molecule has 8 heteroatoms. The maximum absolute atomic E-state index is 13.3. The molecule has 1 heterocycles. The first-order valence-electron chi connectivity index (χ1n) is 8.97. The number of fused-ring (bicyclic) bond motifs is 1. The van der Waals surface area contributed by atoms with E-state index in [1.54, 1.807) is 48.5 Å². The number of anilines is 1. The second kappa shape index (κ2) is 8.34. The molecule has 2 N–H and O–H groups in total. The van der Waals surface area contributed by atoms with Crippen molar-refractivity contribution in [1.82, 2.24) is 10.2 Å². The van der Waals surface area contributed by atoms with Crippen LogP contribution in [0.4, 0.5) is 10.1 Å². The molecule has 0 saturated heterocycles. The smallest absolute Gasteiger partial charge is 0.276 e. The molecule has 0 fully saturated rings. The molecular weight excluding hydrogens is 409 g/mol. The molecule has 0 atom stereocenters. The number of aromatic nitrogens is 2. The van der Waals surface area contributed by atoms with Gasteiger partial charge in [-0.25, -0.2) is 9.49 Å². The zero-order chi connectivity index (χ0) is 21.1. The van der Waals surface area contributed by atoms with Crippen LogP contribution in [0.25, 0.3) is 10.8 Å². The second-order valence-electron chi connectivity index (χ2n) is 6.46. The lowest BCUT2D eigenvalue weighted by Gasteiger charge is -2.11. The number of nitrogens with zero attached hydrogens (tertiary/aromatic N) is 1. The van der Waals surface area contributed by atoms with Gasteiger partial charge in [-0.1, -0.05) is 41.9 Å². The van der Waals surface area contributed by atoms with Crippen LogP contribution in [0.2, 0.25) is 5.02 Å². The zero-order valence-corrected chi connectivity index (χ0v) is 16.2. The van der Waals surface area contributed by atoms with Gasteiger partial charge in [-0.15, -0.1) is 0 Å². The van der Waals surface area contributed by atoms with E-state index in [-0.39, 0.29) is 28.7 Å². The summed E-state index contributed by atoms with van der Waals surface area (Å²) in [6, 6.07) is 17.6. The minimum Gasteiger partial charge on any atom is -0.487 e. The van der Waals surface area contributed by atoms with Crippen LogP contribution in [0.5, 0.6) is 5.75 Å². The quantitative estimate of drug-likeness (QED) is 0.493. The van der Waals surface area contributed by atoms with Crippen molar-refractivity contribution in [3.8, 4) is 5.75 Å². The lowest BCUT2D eigenvalue weighted by Crippen LogP contribution is -2.19. The third-order valence-corrected chi connectivity index (χ3v) is 4.68. The zero-order valence-electron chi connectivity index (χ0n) is 15.5. The van der Waals surface area contributed by atoms with Gasteiger partial charge in [-0.3, -0.25) is 9.59 Å². The Labute approximate surface area is 175 Å². The van der Waals surface area contributed by atoms with E-state index in [0.717, 1.165) is 0 Å². The summed E-state index contributed by atoms with van der Waals surface area (Å²) in [4.78, 5) is 24.5. The Morgan fingerprint density at radius 3 is 2.63 bits per heavy atom. The van der Waals surface area contributed by atoms with Gasteiger partial charge >= 0.3 is 0 Å². The number of amides is 1. The van der Waals surface area contributed by atoms with Crippen molar-refractivity contribution in [3.63, 3.8) is 0 Å². The summed E-state index contributed by atoms with van der Waals surface area (Å²) >= 11 is 6.26. The van der Waals surface area contributed by atoms with E-state index in [2.05, 4.69) is 15.5 Å². The van der Waals surface area contributed by atoms with Crippen LogP contribution >= 0.6 is 11.6 Å². The number of aromatic amines is 1. The van der Waals surface area contributed by atoms with Crippen LogP contribution < -0.4 is 15.6 Å². The lowest BCUT2D eigenvalue weighted by atomic mass is 10.1. The molecule has 30 heavy (non-hydrogen) atoms. The summed E-state index contributed by atoms with van der Waals surface area (Å²) in [6.45, 7) is 0.149. The highest BCUT2D eigenvalue weighted by atomic mass is 35.5. The molecule has 0 bridgehead atoms. The summed E-state index contributed by atoms with van der Waals surface area (Å²) < 4.78 is 18.9. The Bertz CT molecular complexity index is 1310. The van der Waals surface area contributed by atoms with Crippen LogP contribution in [0.1, 0.15) is 16.1 Å². The van der Waals surface area contributed by atoms with E-state index in [0.29, 0.717) is 27.8 Å². The monoisotopic (exact) mass is 423 g/mol. The molecule has 0 saturated carbocycles. The van der Waals surface area contributed by atoms with Gasteiger partial charge in [0.15, 0.2) is 5.69 Å². The summed E-state index contributed by atoms with van der Waals surface area (Å²) in [7, 11) is 0. The minimum absolute atomic E-state index is 0.0905. The number of carbonyl (C=O) groups excluding carboxylic acids is 1. The summed E-state index contributed by atoms with van der Waals surface area (Å²) in [6.07, 6.45) is 0. The molecule has 0 unspecified atom stereocenters. The minimum atomic E-state index is -0.494. The average molecular weight is 424 g/mol. The molecule has 0 radical (unpaired) electrons. The average Bonchev–Trinajstić information content (AvgIpc) is 2.73. The molecule has 0 aliphatic carbocycles. The molecule has 150 valence electrons. The van der Waals surface area contributed by atoms with Crippen LogP contribution in [0, 0.1) is 5.82 Å². The highest BCUT2D eigenvalue weighted by Gasteiger charge is 2.15. The number of hydrogen-bond acceptors (Lipinski definition) is 4. The predicted octanol–water partition coefficient (Wildman–Crippen LogP) is 4.55. The third-order valence-electron chi connectivity index (χ3n) is 4.38. The van der Waals surface area contributed by atoms with Crippen molar-refractivity contribution < 1.29 is 13.9 Å². The third kappa shape index (κ3) is 4.16. The van der Waals surface area contributed by atoms with Gasteiger partial charge in [0.25, 0.3) is 11.5 Å². The van der Waals surface area contributed by atoms with Gasteiger partial charge in [0, 0.05) is 11.1 Å². The van der Waals surface area contributed by atoms with Gasteiger partial charge in [0.2, 0.25) is 0 Å². The Balaban J connectivity index is 1.50. The molecule has 0 aliphatic heterocycles. The van der Waals surface area contributed by atoms with Crippen molar-refractivity contribution in [2.75, 3.05) is 5.32 Å². The van der Waals surface area contributed by atoms with Crippen molar-refractivity contribution in [2.24, 2.45) is 0 Å². The Kier molecular flexibility index (Phi) is 5.45. The SMILES string of the molecule is O=C(Nc1ccc(OCc2cccc(F)c2)c(Cl)c1)c1n[nH]c(=O)c2ccccc12. The van der Waals surface area contributed by atoms with Gasteiger partial charge < -0.3 is 10.1 Å². The molecule has 1 aromatic heterocycles. The molecule has 0 aliphatic rings. The van der Waals surface area contributed by atoms with Gasteiger partial charge in [0.1, 0.15) is 18.2 Å². The molecule has 3 aromatic carbocycles. The van der Waals surface area contributed by atoms with Crippen LogP contribution in [0.3, 0.4) is 0 Å². The van der Waals surface area contributed by atoms with E-state index in [1.165, 1.54) is 18.2 Å². The van der Waals surface area contributed by atoms with E-state index < -0.39 is 5.91 Å². The molecule has 4 rings (SSSR count). The van der Waals surface area contributed by atoms with Crippen LogP contribution in [-0.4, -0.2) is 16.1 Å². The van der Waals surface area contributed by atoms with Crippen LogP contribution in [0.15, 0.2) is 71.5 Å². The van der Waals surface area contributed by atoms with Gasteiger partial charge in [-0.05, 0) is 42.0 Å². The molecule has 0 spiro atoms. The molecule has 4 aromatic rings. The summed E-state index contributed by atoms with van der Waals surface area (Å²) in [5, 5.41) is 10.0. The first-order valence-corrected chi connectivity index (χ1v) is 9.34. The number of carbonyl (C=O) groups is 1. The lowest BCUT2D eigenvalue weighted by molar-refractivity contribution is 0.102. The van der Waals surface area contributed by atoms with Gasteiger partial charge in [-0.2, -0.15) is 5.10 Å². The number of benzene rings is 3. The maximum Gasteiger partial charge on any atom is 0.276 e. The number of H-pyrrole nitrogens is 1. The molecule has 6 nitrogen and oxygen atoms in total. The Morgan fingerprint density at radius 1 is 1.07 bits per heavy atom. The number of hydrogen-bond donors (Lipinski definition) is 2. The fraction of sp³-hybridized carbons (Fsp3) is 0.0455. The fourth-order valence-electron chi connectivity index (χ4n) is 2.96. The predicted molar refractivity (Wildman–Crippen MR) is 113 cm³/mol. The summed E-state index contributed by atoms with van der Waals surface area (Å²) in [5.41, 5.74) is 0.817. The van der Waals surface area contributed by atoms with Crippen molar-refractivity contribution in [1.29, 1.82) is 0 Å². The standard InChI is InChI=1S/C22H15ClFN3O3/c23-18-11-15(8-9-19(18)30-12-13-4-3-5-14(24)10-13)25-22(29)20-16-6-1-2-7-17(16)21(28)27-26-20/h1-11H,12H2,(H,25,29)(H,27,28). The summed E-state index contributed by atoms with van der Waals surface area (Å²) in [5.74, 6) is -0.442. The maximum atomic E-state index is 13.3. The first kappa shape index (κ1) is 19.6. The Morgan fingerprint density at radius 2 is 1.87 bits per heavy atom. The fourth-order valence-corrected chi connectivity index (χ4v) is 3.20. The van der Waals surface area contributed by atoms with E-state index in [4.69, 9.17) is 16.3 Å². The van der Waals surface area contributed by atoms with Crippen molar-refractivity contribution >= 4 is 34.0 Å². The van der Waals surface area contributed by atoms with Crippen LogP contribution in [-0.2, 0) is 6.61 Å². The second-order valence-corrected chi connectivity index (χ2v) is 6.87. The molecule has 1 amide bonds. The first-order chi connectivity index (χ1) is 14.5. The Hall–Kier alpha value is -3.71. The van der Waals surface area contributed by atoms with E-state index >= 15 is 0 Å². The van der Waals surface area contributed by atoms with E-state index in [1.807, 2.05) is 0 Å². The number of ether oxygens (including phenoxy) is 1. The normalized spacial score (nSPS) is 10.7. The highest BCUT2D eigenvalue weighted by molar-refractivity contribution is 6.32.